The van der Waals surface area contributed by atoms with Crippen LogP contribution in [0.4, 0.5) is 5.69 Å². The van der Waals surface area contributed by atoms with E-state index in [1.165, 1.54) is 18.3 Å². The maximum absolute atomic E-state index is 13.3. The molecule has 0 aliphatic carbocycles. The van der Waals surface area contributed by atoms with Crippen LogP contribution in [0.15, 0.2) is 59.0 Å². The summed E-state index contributed by atoms with van der Waals surface area (Å²) < 4.78 is 34.2. The van der Waals surface area contributed by atoms with Gasteiger partial charge in [-0.15, -0.1) is 0 Å². The summed E-state index contributed by atoms with van der Waals surface area (Å²) in [5.74, 6) is -0.376. The van der Waals surface area contributed by atoms with Gasteiger partial charge in [0, 0.05) is 24.2 Å². The molecule has 0 spiro atoms. The Hall–Kier alpha value is -3.38. The molecule has 1 aromatic heterocycles. The van der Waals surface area contributed by atoms with Gasteiger partial charge < -0.3 is 9.84 Å². The molecule has 198 valence electrons. The highest BCUT2D eigenvalue weighted by molar-refractivity contribution is 7.92. The predicted molar refractivity (Wildman–Crippen MR) is 141 cm³/mol. The average Bonchev–Trinajstić information content (AvgIpc) is 2.80. The Balaban J connectivity index is 1.92. The zero-order chi connectivity index (χ0) is 27.4. The van der Waals surface area contributed by atoms with Crippen LogP contribution < -0.4 is 4.72 Å². The molecule has 2 aromatic rings. The predicted octanol–water partition coefficient (Wildman–Crippen LogP) is 5.84. The fourth-order valence-corrected chi connectivity index (χ4v) is 6.17. The summed E-state index contributed by atoms with van der Waals surface area (Å²) in [5.41, 5.74) is 0.704. The number of aliphatic hydroxyl groups excluding tert-OH is 1. The van der Waals surface area contributed by atoms with Crippen LogP contribution in [0.5, 0.6) is 0 Å². The van der Waals surface area contributed by atoms with Crippen molar-refractivity contribution in [2.75, 3.05) is 4.72 Å². The number of carbonyl (C=O) groups is 1. The van der Waals surface area contributed by atoms with Crippen LogP contribution in [0.3, 0.4) is 0 Å². The second-order valence-corrected chi connectivity index (χ2v) is 12.1. The second-order valence-electron chi connectivity index (χ2n) is 10.5. The van der Waals surface area contributed by atoms with Gasteiger partial charge in [-0.3, -0.25) is 4.72 Å². The summed E-state index contributed by atoms with van der Waals surface area (Å²) in [7, 11) is -4.00. The molecular formula is C28H35N3O5S. The number of nitrogens with one attached hydrogen (secondary N) is 1. The molecule has 1 unspecified atom stereocenters. The highest BCUT2D eigenvalue weighted by atomic mass is 32.2. The van der Waals surface area contributed by atoms with Gasteiger partial charge in [0.25, 0.3) is 10.0 Å². The standard InChI is InChI=1S/C28H35N3O5S/c1-6-23(26-24(32)15-28(13-18(2)3,14-19(4)5)36-27(26)33)21-8-7-9-22(12-21)31-37(34,35)25-11-10-20(16-29)17-30-25/h7-12,17-19,23,31-32H,6,13-15H2,1-5H3. The third-order valence-electron chi connectivity index (χ3n) is 6.33. The van der Waals surface area contributed by atoms with Crippen LogP contribution in [-0.4, -0.2) is 30.1 Å². The van der Waals surface area contributed by atoms with Gasteiger partial charge in [0.15, 0.2) is 5.03 Å². The highest BCUT2D eigenvalue weighted by Gasteiger charge is 2.44. The lowest BCUT2D eigenvalue weighted by Crippen LogP contribution is -2.43. The van der Waals surface area contributed by atoms with Gasteiger partial charge in [0.2, 0.25) is 0 Å². The first-order valence-electron chi connectivity index (χ1n) is 12.5. The minimum Gasteiger partial charge on any atom is -0.512 e. The van der Waals surface area contributed by atoms with Crippen LogP contribution in [0.25, 0.3) is 0 Å². The first-order chi connectivity index (χ1) is 17.4. The number of hydrogen-bond donors (Lipinski definition) is 2. The number of esters is 1. The van der Waals surface area contributed by atoms with Gasteiger partial charge in [-0.25, -0.2) is 9.78 Å². The van der Waals surface area contributed by atoms with E-state index in [0.717, 1.165) is 0 Å². The van der Waals surface area contributed by atoms with Gasteiger partial charge in [0.1, 0.15) is 17.4 Å². The molecule has 37 heavy (non-hydrogen) atoms. The molecule has 0 fully saturated rings. The fraction of sp³-hybridized carbons (Fsp3) is 0.464. The van der Waals surface area contributed by atoms with E-state index in [1.54, 1.807) is 24.3 Å². The van der Waals surface area contributed by atoms with E-state index in [9.17, 15) is 18.3 Å². The minimum atomic E-state index is -4.00. The smallest absolute Gasteiger partial charge is 0.338 e. The Bertz CT molecular complexity index is 1300. The van der Waals surface area contributed by atoms with Gasteiger partial charge in [-0.05, 0) is 60.9 Å². The first kappa shape index (κ1) is 28.2. The molecule has 9 heteroatoms. The van der Waals surface area contributed by atoms with Crippen molar-refractivity contribution in [2.45, 2.75) is 76.8 Å². The molecule has 2 heterocycles. The summed E-state index contributed by atoms with van der Waals surface area (Å²) in [6.07, 6.45) is 3.28. The van der Waals surface area contributed by atoms with Gasteiger partial charge in [-0.1, -0.05) is 46.8 Å². The number of rotatable bonds is 10. The molecule has 1 aliphatic heterocycles. The van der Waals surface area contributed by atoms with Crippen LogP contribution in [0.1, 0.15) is 77.3 Å². The van der Waals surface area contributed by atoms with Crippen LogP contribution in [-0.2, 0) is 19.6 Å². The number of carbonyl (C=O) groups excluding carboxylic acids is 1. The zero-order valence-electron chi connectivity index (χ0n) is 22.0. The lowest BCUT2D eigenvalue weighted by atomic mass is 9.77. The van der Waals surface area contributed by atoms with Crippen molar-refractivity contribution in [3.63, 3.8) is 0 Å². The summed E-state index contributed by atoms with van der Waals surface area (Å²) in [4.78, 5) is 17.2. The normalized spacial score (nSPS) is 16.4. The molecule has 0 saturated carbocycles. The molecular weight excluding hydrogens is 490 g/mol. The van der Waals surface area contributed by atoms with Crippen LogP contribution >= 0.6 is 0 Å². The Morgan fingerprint density at radius 3 is 2.35 bits per heavy atom. The van der Waals surface area contributed by atoms with Crippen molar-refractivity contribution in [3.8, 4) is 6.07 Å². The van der Waals surface area contributed by atoms with Crippen molar-refractivity contribution in [1.82, 2.24) is 4.98 Å². The zero-order valence-corrected chi connectivity index (χ0v) is 22.8. The maximum Gasteiger partial charge on any atom is 0.338 e. The molecule has 1 atom stereocenters. The van der Waals surface area contributed by atoms with Crippen LogP contribution in [0.2, 0.25) is 0 Å². The molecule has 0 amide bonds. The van der Waals surface area contributed by atoms with Crippen LogP contribution in [0, 0.1) is 23.2 Å². The van der Waals surface area contributed by atoms with Gasteiger partial charge >= 0.3 is 5.97 Å². The summed E-state index contributed by atoms with van der Waals surface area (Å²) in [6.45, 7) is 10.2. The number of pyridine rings is 1. The number of aliphatic hydroxyl groups is 1. The monoisotopic (exact) mass is 525 g/mol. The molecule has 1 aliphatic rings. The van der Waals surface area contributed by atoms with Crippen molar-refractivity contribution in [3.05, 3.63) is 65.1 Å². The fourth-order valence-electron chi connectivity index (χ4n) is 5.19. The van der Waals surface area contributed by atoms with Crippen molar-refractivity contribution in [2.24, 2.45) is 11.8 Å². The van der Waals surface area contributed by atoms with E-state index in [1.807, 2.05) is 13.0 Å². The Labute approximate surface area is 219 Å². The Kier molecular flexibility index (Phi) is 8.64. The van der Waals surface area contributed by atoms with E-state index in [4.69, 9.17) is 10.00 Å². The lowest BCUT2D eigenvalue weighted by Gasteiger charge is -2.40. The SMILES string of the molecule is CCC(C1=C(O)CC(CC(C)C)(CC(C)C)OC1=O)c1cccc(NS(=O)(=O)c2ccc(C#N)cn2)c1. The quantitative estimate of drug-likeness (QED) is 0.373. The molecule has 0 bridgehead atoms. The molecule has 3 rings (SSSR count). The Morgan fingerprint density at radius 1 is 1.16 bits per heavy atom. The van der Waals surface area contributed by atoms with E-state index in [0.29, 0.717) is 30.5 Å². The second kappa shape index (κ2) is 11.3. The van der Waals surface area contributed by atoms with Gasteiger partial charge in [0.05, 0.1) is 11.1 Å². The van der Waals surface area contributed by atoms with E-state index >= 15 is 0 Å². The van der Waals surface area contributed by atoms with Crippen molar-refractivity contribution in [1.29, 1.82) is 5.26 Å². The average molecular weight is 526 g/mol. The number of cyclic esters (lactones) is 1. The highest BCUT2D eigenvalue weighted by Crippen LogP contribution is 2.43. The Morgan fingerprint density at radius 2 is 1.84 bits per heavy atom. The van der Waals surface area contributed by atoms with E-state index in [-0.39, 0.29) is 40.2 Å². The summed E-state index contributed by atoms with van der Waals surface area (Å²) in [5, 5.41) is 19.8. The number of nitriles is 1. The third kappa shape index (κ3) is 6.69. The maximum atomic E-state index is 13.3. The van der Waals surface area contributed by atoms with Gasteiger partial charge in [-0.2, -0.15) is 13.7 Å². The summed E-state index contributed by atoms with van der Waals surface area (Å²) in [6, 6.07) is 11.3. The number of ether oxygens (including phenoxy) is 1. The molecule has 2 N–H and O–H groups in total. The topological polar surface area (TPSA) is 129 Å². The number of hydrogen-bond acceptors (Lipinski definition) is 7. The molecule has 0 saturated heterocycles. The number of anilines is 1. The van der Waals surface area contributed by atoms with E-state index < -0.39 is 27.5 Å². The van der Waals surface area contributed by atoms with E-state index in [2.05, 4.69) is 37.4 Å². The molecule has 1 aromatic carbocycles. The van der Waals surface area contributed by atoms with Crippen molar-refractivity contribution >= 4 is 21.7 Å². The first-order valence-corrected chi connectivity index (χ1v) is 14.0. The summed E-state index contributed by atoms with van der Waals surface area (Å²) >= 11 is 0. The number of sulfonamides is 1. The molecule has 8 nitrogen and oxygen atoms in total. The number of aromatic nitrogens is 1. The van der Waals surface area contributed by atoms with Crippen molar-refractivity contribution < 1.29 is 23.1 Å². The number of nitrogens with zero attached hydrogens (tertiary/aromatic N) is 2. The molecule has 0 radical (unpaired) electrons. The third-order valence-corrected chi connectivity index (χ3v) is 7.63. The number of benzene rings is 1. The lowest BCUT2D eigenvalue weighted by molar-refractivity contribution is -0.163. The minimum absolute atomic E-state index is 0.0390. The largest absolute Gasteiger partial charge is 0.512 e.